The largest absolute Gasteiger partial charge is 0.267 e. The molecule has 0 radical (unpaired) electrons. The van der Waals surface area contributed by atoms with Crippen molar-refractivity contribution in [2.24, 2.45) is 0 Å². The third kappa shape index (κ3) is 1.59. The highest BCUT2D eigenvalue weighted by Crippen LogP contribution is 2.20. The van der Waals surface area contributed by atoms with E-state index in [9.17, 15) is 8.78 Å². The van der Waals surface area contributed by atoms with Crippen molar-refractivity contribution in [3.8, 4) is 5.69 Å². The van der Waals surface area contributed by atoms with E-state index < -0.39 is 11.6 Å². The average Bonchev–Trinajstić information content (AvgIpc) is 2.52. The summed E-state index contributed by atoms with van der Waals surface area (Å²) in [6.45, 7) is 1.60. The number of benzene rings is 1. The maximum Gasteiger partial charge on any atom is 0.229 e. The van der Waals surface area contributed by atoms with Crippen LogP contribution in [0, 0.1) is 18.6 Å². The van der Waals surface area contributed by atoms with E-state index in [0.717, 1.165) is 6.07 Å². The van der Waals surface area contributed by atoms with Crippen LogP contribution in [0.2, 0.25) is 5.28 Å². The van der Waals surface area contributed by atoms with Crippen molar-refractivity contribution in [3.63, 3.8) is 0 Å². The van der Waals surface area contributed by atoms with Crippen LogP contribution in [0.15, 0.2) is 18.2 Å². The average molecular weight is 230 g/mol. The van der Waals surface area contributed by atoms with Crippen LogP contribution in [0.1, 0.15) is 5.82 Å². The maximum absolute atomic E-state index is 13.4. The molecule has 1 aromatic carbocycles. The summed E-state index contributed by atoms with van der Waals surface area (Å²) in [5.41, 5.74) is 0.00231. The van der Waals surface area contributed by atoms with Gasteiger partial charge >= 0.3 is 0 Å². The lowest BCUT2D eigenvalue weighted by molar-refractivity contribution is 0.503. The van der Waals surface area contributed by atoms with Gasteiger partial charge in [0, 0.05) is 0 Å². The van der Waals surface area contributed by atoms with Crippen molar-refractivity contribution in [2.75, 3.05) is 0 Å². The Hall–Kier alpha value is -1.49. The van der Waals surface area contributed by atoms with Gasteiger partial charge in [-0.2, -0.15) is 0 Å². The smallest absolute Gasteiger partial charge is 0.229 e. The molecule has 78 valence electrons. The normalized spacial score (nSPS) is 10.7. The highest BCUT2D eigenvalue weighted by molar-refractivity contribution is 6.28. The summed E-state index contributed by atoms with van der Waals surface area (Å²) in [5, 5.41) is 7.21. The molecule has 0 aliphatic heterocycles. The number of hydrogen-bond donors (Lipinski definition) is 0. The van der Waals surface area contributed by atoms with E-state index in [1.165, 1.54) is 16.7 Å². The fourth-order valence-electron chi connectivity index (χ4n) is 1.28. The Kier molecular flexibility index (Phi) is 2.40. The summed E-state index contributed by atoms with van der Waals surface area (Å²) in [4.78, 5) is 0. The van der Waals surface area contributed by atoms with Crippen LogP contribution in [0.25, 0.3) is 5.69 Å². The lowest BCUT2D eigenvalue weighted by atomic mass is 10.3. The maximum atomic E-state index is 13.4. The topological polar surface area (TPSA) is 30.7 Å². The first kappa shape index (κ1) is 10.0. The van der Waals surface area contributed by atoms with E-state index in [1.54, 1.807) is 6.92 Å². The Bertz CT molecular complexity index is 491. The van der Waals surface area contributed by atoms with Crippen molar-refractivity contribution in [3.05, 3.63) is 40.9 Å². The van der Waals surface area contributed by atoms with Gasteiger partial charge in [-0.3, -0.25) is 4.57 Å². The van der Waals surface area contributed by atoms with Gasteiger partial charge in [-0.25, -0.2) is 8.78 Å². The molecule has 1 heterocycles. The lowest BCUT2D eigenvalue weighted by Gasteiger charge is -2.06. The van der Waals surface area contributed by atoms with E-state index in [2.05, 4.69) is 10.2 Å². The monoisotopic (exact) mass is 229 g/mol. The Labute approximate surface area is 89.3 Å². The molecule has 0 aliphatic rings. The van der Waals surface area contributed by atoms with E-state index in [1.807, 2.05) is 0 Å². The van der Waals surface area contributed by atoms with Crippen LogP contribution in [0.5, 0.6) is 0 Å². The second kappa shape index (κ2) is 3.58. The van der Waals surface area contributed by atoms with Crippen LogP contribution in [-0.2, 0) is 0 Å². The molecular formula is C9H6ClF2N3. The van der Waals surface area contributed by atoms with Gasteiger partial charge < -0.3 is 0 Å². The molecule has 3 nitrogen and oxygen atoms in total. The molecule has 0 amide bonds. The number of nitrogens with zero attached hydrogens (tertiary/aromatic N) is 3. The molecule has 0 N–H and O–H groups in total. The third-order valence-electron chi connectivity index (χ3n) is 1.96. The minimum Gasteiger partial charge on any atom is -0.267 e. The Morgan fingerprint density at radius 1 is 1.27 bits per heavy atom. The summed E-state index contributed by atoms with van der Waals surface area (Å²) < 4.78 is 27.6. The number of hydrogen-bond acceptors (Lipinski definition) is 2. The van der Waals surface area contributed by atoms with Gasteiger partial charge in [-0.15, -0.1) is 10.2 Å². The molecule has 0 aliphatic carbocycles. The molecule has 6 heteroatoms. The molecule has 0 spiro atoms. The molecule has 15 heavy (non-hydrogen) atoms. The summed E-state index contributed by atoms with van der Waals surface area (Å²) in [6, 6.07) is 3.83. The predicted octanol–water partition coefficient (Wildman–Crippen LogP) is 2.51. The van der Waals surface area contributed by atoms with Gasteiger partial charge in [0.15, 0.2) is 11.6 Å². The molecule has 0 bridgehead atoms. The Morgan fingerprint density at radius 3 is 2.60 bits per heavy atom. The van der Waals surface area contributed by atoms with Gasteiger partial charge in [0.05, 0.1) is 5.69 Å². The molecule has 2 aromatic rings. The van der Waals surface area contributed by atoms with Gasteiger partial charge in [0.1, 0.15) is 5.82 Å². The molecule has 0 saturated heterocycles. The molecule has 1 aromatic heterocycles. The van der Waals surface area contributed by atoms with Crippen LogP contribution < -0.4 is 0 Å². The third-order valence-corrected chi connectivity index (χ3v) is 2.20. The fraction of sp³-hybridized carbons (Fsp3) is 0.111. The first-order chi connectivity index (χ1) is 7.11. The fourth-order valence-corrected chi connectivity index (χ4v) is 1.53. The Morgan fingerprint density at radius 2 is 2.00 bits per heavy atom. The summed E-state index contributed by atoms with van der Waals surface area (Å²) in [6.07, 6.45) is 0. The van der Waals surface area contributed by atoms with Crippen LogP contribution in [0.3, 0.4) is 0 Å². The highest BCUT2D eigenvalue weighted by Gasteiger charge is 2.14. The number of halogens is 3. The second-order valence-corrected chi connectivity index (χ2v) is 3.26. The minimum absolute atomic E-state index is 0.00231. The Balaban J connectivity index is 2.69. The SMILES string of the molecule is Cc1nnc(Cl)n1-c1cccc(F)c1F. The molecule has 0 atom stereocenters. The van der Waals surface area contributed by atoms with Crippen LogP contribution >= 0.6 is 11.6 Å². The quantitative estimate of drug-likeness (QED) is 0.752. The van der Waals surface area contributed by atoms with Gasteiger partial charge in [-0.05, 0) is 30.7 Å². The van der Waals surface area contributed by atoms with Gasteiger partial charge in [-0.1, -0.05) is 6.07 Å². The minimum atomic E-state index is -0.970. The zero-order valence-electron chi connectivity index (χ0n) is 7.71. The van der Waals surface area contributed by atoms with Gasteiger partial charge in [0.25, 0.3) is 0 Å². The molecule has 2 rings (SSSR count). The van der Waals surface area contributed by atoms with Gasteiger partial charge in [0.2, 0.25) is 5.28 Å². The standard InChI is InChI=1S/C9H6ClF2N3/c1-5-13-14-9(10)15(5)7-4-2-3-6(11)8(7)12/h2-4H,1H3. The van der Waals surface area contributed by atoms with Crippen LogP contribution in [-0.4, -0.2) is 14.8 Å². The second-order valence-electron chi connectivity index (χ2n) is 2.92. The first-order valence-electron chi connectivity index (χ1n) is 4.13. The molecule has 0 unspecified atom stereocenters. The van der Waals surface area contributed by atoms with E-state index in [4.69, 9.17) is 11.6 Å². The van der Waals surface area contributed by atoms with Crippen molar-refractivity contribution in [2.45, 2.75) is 6.92 Å². The van der Waals surface area contributed by atoms with Crippen molar-refractivity contribution in [1.29, 1.82) is 0 Å². The number of aromatic nitrogens is 3. The number of rotatable bonds is 1. The summed E-state index contributed by atoms with van der Waals surface area (Å²) >= 11 is 5.70. The summed E-state index contributed by atoms with van der Waals surface area (Å²) in [5.74, 6) is -1.51. The molecular weight excluding hydrogens is 224 g/mol. The molecule has 0 saturated carbocycles. The van der Waals surface area contributed by atoms with Crippen molar-refractivity contribution < 1.29 is 8.78 Å². The lowest BCUT2D eigenvalue weighted by Crippen LogP contribution is -2.02. The van der Waals surface area contributed by atoms with E-state index >= 15 is 0 Å². The van der Waals surface area contributed by atoms with E-state index in [-0.39, 0.29) is 11.0 Å². The first-order valence-corrected chi connectivity index (χ1v) is 4.51. The zero-order valence-corrected chi connectivity index (χ0v) is 8.46. The zero-order chi connectivity index (χ0) is 11.0. The predicted molar refractivity (Wildman–Crippen MR) is 51.0 cm³/mol. The number of aryl methyl sites for hydroxylation is 1. The van der Waals surface area contributed by atoms with Crippen molar-refractivity contribution in [1.82, 2.24) is 14.8 Å². The summed E-state index contributed by atoms with van der Waals surface area (Å²) in [7, 11) is 0. The molecule has 0 fully saturated rings. The highest BCUT2D eigenvalue weighted by atomic mass is 35.5. The van der Waals surface area contributed by atoms with Crippen LogP contribution in [0.4, 0.5) is 8.78 Å². The van der Waals surface area contributed by atoms with E-state index in [0.29, 0.717) is 5.82 Å². The van der Waals surface area contributed by atoms with Crippen molar-refractivity contribution >= 4 is 11.6 Å².